The first-order valence-corrected chi connectivity index (χ1v) is 12.7. The Morgan fingerprint density at radius 3 is 2.32 bits per heavy atom. The first-order chi connectivity index (χ1) is 18.5. The molecule has 5 rings (SSSR count). The van der Waals surface area contributed by atoms with Crippen LogP contribution in [-0.4, -0.2) is 60.4 Å². The summed E-state index contributed by atoms with van der Waals surface area (Å²) in [5, 5.41) is 2.73. The largest absolute Gasteiger partial charge is 0.454 e. The lowest BCUT2D eigenvalue weighted by Crippen LogP contribution is -2.51. The molecule has 2 aliphatic heterocycles. The Bertz CT molecular complexity index is 1320. The second kappa shape index (κ2) is 11.4. The maximum Gasteiger partial charge on any atom is 0.338 e. The first-order valence-electron chi connectivity index (χ1n) is 12.7. The van der Waals surface area contributed by atoms with Gasteiger partial charge < -0.3 is 19.7 Å². The molecule has 0 spiro atoms. The predicted octanol–water partition coefficient (Wildman–Crippen LogP) is 4.11. The number of Topliss-reactive ketones (excluding diaryl/α,β-unsaturated/α-hetero) is 1. The minimum absolute atomic E-state index is 0.0692. The summed E-state index contributed by atoms with van der Waals surface area (Å²) in [5.74, 6) is -1.42. The molecule has 194 valence electrons. The number of hydrogen-bond donors (Lipinski definition) is 1. The molecule has 0 saturated carbocycles. The van der Waals surface area contributed by atoms with Crippen molar-refractivity contribution in [2.75, 3.05) is 25.1 Å². The zero-order valence-electron chi connectivity index (χ0n) is 20.8. The summed E-state index contributed by atoms with van der Waals surface area (Å²) in [7, 11) is 0. The second-order valence-electron chi connectivity index (χ2n) is 9.42. The molecule has 3 aromatic carbocycles. The monoisotopic (exact) mass is 512 g/mol. The van der Waals surface area contributed by atoms with Gasteiger partial charge in [-0.2, -0.15) is 0 Å². The summed E-state index contributed by atoms with van der Waals surface area (Å²) in [4.78, 5) is 51.7. The number of morpholine rings is 1. The van der Waals surface area contributed by atoms with Crippen molar-refractivity contribution in [3.05, 3.63) is 90.0 Å². The van der Waals surface area contributed by atoms with E-state index in [4.69, 9.17) is 9.47 Å². The third-order valence-electron chi connectivity index (χ3n) is 6.85. The molecule has 2 aliphatic rings. The minimum Gasteiger partial charge on any atom is -0.454 e. The van der Waals surface area contributed by atoms with Crippen molar-refractivity contribution in [1.82, 2.24) is 4.90 Å². The maximum atomic E-state index is 12.5. The predicted molar refractivity (Wildman–Crippen MR) is 141 cm³/mol. The van der Waals surface area contributed by atoms with E-state index in [1.165, 1.54) is 12.1 Å². The fraction of sp³-hybridized carbons (Fsp3) is 0.267. The lowest BCUT2D eigenvalue weighted by Gasteiger charge is -2.34. The number of rotatable bonds is 8. The van der Waals surface area contributed by atoms with Crippen LogP contribution < -0.4 is 5.32 Å². The van der Waals surface area contributed by atoms with Gasteiger partial charge in [0.1, 0.15) is 6.10 Å². The quantitative estimate of drug-likeness (QED) is 0.360. The van der Waals surface area contributed by atoms with Crippen LogP contribution in [0.25, 0.3) is 11.1 Å². The van der Waals surface area contributed by atoms with Crippen molar-refractivity contribution in [3.63, 3.8) is 0 Å². The van der Waals surface area contributed by atoms with Gasteiger partial charge >= 0.3 is 5.97 Å². The van der Waals surface area contributed by atoms with Crippen LogP contribution in [0, 0.1) is 0 Å². The highest BCUT2D eigenvalue weighted by Crippen LogP contribution is 2.25. The van der Waals surface area contributed by atoms with E-state index in [0.29, 0.717) is 24.4 Å². The van der Waals surface area contributed by atoms with Crippen LogP contribution >= 0.6 is 0 Å². The Labute approximate surface area is 220 Å². The molecule has 2 amide bonds. The number of nitrogens with one attached hydrogen (secondary N) is 1. The summed E-state index contributed by atoms with van der Waals surface area (Å²) in [5.41, 5.74) is 3.22. The van der Waals surface area contributed by atoms with E-state index in [0.717, 1.165) is 24.0 Å². The van der Waals surface area contributed by atoms with Gasteiger partial charge in [0.25, 0.3) is 5.91 Å². The van der Waals surface area contributed by atoms with Gasteiger partial charge in [-0.1, -0.05) is 54.6 Å². The van der Waals surface area contributed by atoms with Crippen LogP contribution in [0.4, 0.5) is 5.69 Å². The van der Waals surface area contributed by atoms with Crippen molar-refractivity contribution in [1.29, 1.82) is 0 Å². The highest BCUT2D eigenvalue weighted by atomic mass is 16.5. The Balaban J connectivity index is 1.09. The molecule has 8 nitrogen and oxygen atoms in total. The van der Waals surface area contributed by atoms with E-state index in [-0.39, 0.29) is 42.2 Å². The molecule has 3 aromatic rings. The van der Waals surface area contributed by atoms with Crippen molar-refractivity contribution in [2.24, 2.45) is 0 Å². The highest BCUT2D eigenvalue weighted by molar-refractivity contribution is 6.00. The zero-order chi connectivity index (χ0) is 26.5. The van der Waals surface area contributed by atoms with E-state index in [1.807, 2.05) is 47.4 Å². The van der Waals surface area contributed by atoms with Gasteiger partial charge in [-0.05, 0) is 48.2 Å². The number of esters is 1. The lowest BCUT2D eigenvalue weighted by molar-refractivity contribution is -0.158. The number of amides is 2. The van der Waals surface area contributed by atoms with Gasteiger partial charge in [0.15, 0.2) is 12.4 Å². The minimum atomic E-state index is -0.773. The van der Waals surface area contributed by atoms with E-state index < -0.39 is 12.1 Å². The molecule has 2 saturated heterocycles. The zero-order valence-corrected chi connectivity index (χ0v) is 20.8. The Morgan fingerprint density at radius 2 is 1.58 bits per heavy atom. The average Bonchev–Trinajstić information content (AvgIpc) is 3.44. The molecule has 0 aliphatic carbocycles. The molecule has 2 fully saturated rings. The second-order valence-corrected chi connectivity index (χ2v) is 9.42. The van der Waals surface area contributed by atoms with E-state index in [9.17, 15) is 19.2 Å². The number of benzene rings is 3. The number of carbonyl (C=O) groups is 4. The summed E-state index contributed by atoms with van der Waals surface area (Å²) < 4.78 is 10.8. The summed E-state index contributed by atoms with van der Waals surface area (Å²) in [6.45, 7) is 0.798. The Hall–Kier alpha value is -4.30. The van der Waals surface area contributed by atoms with Crippen LogP contribution in [0.3, 0.4) is 0 Å². The number of hydrogen-bond acceptors (Lipinski definition) is 6. The fourth-order valence-electron chi connectivity index (χ4n) is 4.78. The SMILES string of the molecule is O=C(CC1OCC2CCCN2C1=O)Nc1ccc(C(=O)OCC(=O)c2ccc(-c3ccccc3)cc2)cc1. The smallest absolute Gasteiger partial charge is 0.338 e. The summed E-state index contributed by atoms with van der Waals surface area (Å²) in [6, 6.07) is 23.2. The molecular formula is C30H28N2O6. The maximum absolute atomic E-state index is 12.5. The molecule has 38 heavy (non-hydrogen) atoms. The topological polar surface area (TPSA) is 102 Å². The highest BCUT2D eigenvalue weighted by Gasteiger charge is 2.39. The lowest BCUT2D eigenvalue weighted by atomic mass is 10.0. The van der Waals surface area contributed by atoms with E-state index in [2.05, 4.69) is 5.32 Å². The van der Waals surface area contributed by atoms with Crippen LogP contribution in [0.5, 0.6) is 0 Å². The first kappa shape index (κ1) is 25.4. The molecule has 0 bridgehead atoms. The van der Waals surface area contributed by atoms with E-state index in [1.54, 1.807) is 24.3 Å². The number of nitrogens with zero attached hydrogens (tertiary/aromatic N) is 1. The number of ether oxygens (including phenoxy) is 2. The van der Waals surface area contributed by atoms with Gasteiger partial charge in [0.05, 0.1) is 24.6 Å². The van der Waals surface area contributed by atoms with Crippen LogP contribution in [0.15, 0.2) is 78.9 Å². The Morgan fingerprint density at radius 1 is 0.895 bits per heavy atom. The third-order valence-corrected chi connectivity index (χ3v) is 6.85. The molecule has 0 aromatic heterocycles. The van der Waals surface area contributed by atoms with Gasteiger partial charge in [0.2, 0.25) is 5.91 Å². The Kier molecular flexibility index (Phi) is 7.60. The van der Waals surface area contributed by atoms with Gasteiger partial charge in [-0.25, -0.2) is 4.79 Å². The third kappa shape index (κ3) is 5.81. The van der Waals surface area contributed by atoms with Crippen molar-refractivity contribution in [2.45, 2.75) is 31.4 Å². The standard InChI is InChI=1S/C30H28N2O6/c33-26(22-10-8-21(9-11-22)20-5-2-1-3-6-20)19-38-30(36)23-12-14-24(15-13-23)31-28(34)17-27-29(35)32-16-4-7-25(32)18-37-27/h1-3,5-6,8-15,25,27H,4,7,16-19H2,(H,31,34). The van der Waals surface area contributed by atoms with Gasteiger partial charge in [-0.3, -0.25) is 14.4 Å². The number of ketones is 1. The molecule has 1 N–H and O–H groups in total. The average molecular weight is 513 g/mol. The molecule has 2 atom stereocenters. The van der Waals surface area contributed by atoms with Gasteiger partial charge in [0, 0.05) is 17.8 Å². The molecular weight excluding hydrogens is 484 g/mol. The van der Waals surface area contributed by atoms with Crippen molar-refractivity contribution < 1.29 is 28.7 Å². The molecule has 2 unspecified atom stereocenters. The van der Waals surface area contributed by atoms with Crippen LogP contribution in [0.2, 0.25) is 0 Å². The normalized spacial score (nSPS) is 18.5. The summed E-state index contributed by atoms with van der Waals surface area (Å²) >= 11 is 0. The van der Waals surface area contributed by atoms with Crippen molar-refractivity contribution in [3.8, 4) is 11.1 Å². The molecule has 0 radical (unpaired) electrons. The van der Waals surface area contributed by atoms with Crippen molar-refractivity contribution >= 4 is 29.3 Å². The van der Waals surface area contributed by atoms with Crippen LogP contribution in [0.1, 0.15) is 40.0 Å². The van der Waals surface area contributed by atoms with E-state index >= 15 is 0 Å². The number of carbonyl (C=O) groups excluding carboxylic acids is 4. The molecule has 2 heterocycles. The summed E-state index contributed by atoms with van der Waals surface area (Å²) in [6.07, 6.45) is 1.06. The van der Waals surface area contributed by atoms with Gasteiger partial charge in [-0.15, -0.1) is 0 Å². The fourth-order valence-corrected chi connectivity index (χ4v) is 4.78. The van der Waals surface area contributed by atoms with Crippen LogP contribution in [-0.2, 0) is 19.1 Å². The molecule has 8 heteroatoms. The number of fused-ring (bicyclic) bond motifs is 1. The number of anilines is 1.